The van der Waals surface area contributed by atoms with Gasteiger partial charge in [-0.3, -0.25) is 4.99 Å². The minimum Gasteiger partial charge on any atom is -0.508 e. The first-order valence-electron chi connectivity index (χ1n) is 6.90. The molecule has 0 aromatic heterocycles. The van der Waals surface area contributed by atoms with Gasteiger partial charge in [-0.25, -0.2) is 0 Å². The smallest absolute Gasteiger partial charge is 0.119 e. The molecule has 2 N–H and O–H groups in total. The molecule has 0 bridgehead atoms. The summed E-state index contributed by atoms with van der Waals surface area (Å²) in [6, 6.07) is 11.0. The van der Waals surface area contributed by atoms with Gasteiger partial charge in [0.2, 0.25) is 0 Å². The molecule has 0 radical (unpaired) electrons. The molecule has 110 valence electrons. The van der Waals surface area contributed by atoms with Gasteiger partial charge < -0.3 is 10.4 Å². The van der Waals surface area contributed by atoms with E-state index in [1.54, 1.807) is 12.3 Å². The average molecular weight is 290 g/mol. The van der Waals surface area contributed by atoms with E-state index in [2.05, 4.69) is 22.8 Å². The molecule has 0 spiro atoms. The normalized spacial score (nSPS) is 10.4. The van der Waals surface area contributed by atoms with Gasteiger partial charge in [0.05, 0.1) is 5.69 Å². The van der Waals surface area contributed by atoms with E-state index in [4.69, 9.17) is 6.42 Å². The summed E-state index contributed by atoms with van der Waals surface area (Å²) in [6.45, 7) is 7.72. The molecule has 2 aromatic carbocycles. The zero-order valence-corrected chi connectivity index (χ0v) is 12.7. The van der Waals surface area contributed by atoms with Crippen molar-refractivity contribution in [1.82, 2.24) is 0 Å². The van der Waals surface area contributed by atoms with Crippen LogP contribution in [0.3, 0.4) is 0 Å². The third-order valence-electron chi connectivity index (χ3n) is 3.23. The number of rotatable bonds is 4. The highest BCUT2D eigenvalue weighted by molar-refractivity contribution is 5.83. The van der Waals surface area contributed by atoms with Gasteiger partial charge in [-0.2, -0.15) is 0 Å². The SMILES string of the molecule is C#Cc1cccc(NC(=C)c2cc(O)c(C)cc2N=CC)c1. The molecule has 0 amide bonds. The fourth-order valence-electron chi connectivity index (χ4n) is 2.10. The Morgan fingerprint density at radius 2 is 2.14 bits per heavy atom. The second-order valence-corrected chi connectivity index (χ2v) is 4.87. The summed E-state index contributed by atoms with van der Waals surface area (Å²) >= 11 is 0. The summed E-state index contributed by atoms with van der Waals surface area (Å²) in [4.78, 5) is 4.34. The van der Waals surface area contributed by atoms with Crippen LogP contribution >= 0.6 is 0 Å². The molecule has 0 unspecified atom stereocenters. The highest BCUT2D eigenvalue weighted by Gasteiger charge is 2.09. The summed E-state index contributed by atoms with van der Waals surface area (Å²) in [7, 11) is 0. The molecule has 0 saturated carbocycles. The van der Waals surface area contributed by atoms with E-state index in [0.29, 0.717) is 5.70 Å². The summed E-state index contributed by atoms with van der Waals surface area (Å²) in [5.41, 5.74) is 4.54. The van der Waals surface area contributed by atoms with Crippen molar-refractivity contribution in [2.75, 3.05) is 5.32 Å². The largest absolute Gasteiger partial charge is 0.508 e. The number of benzene rings is 2. The second kappa shape index (κ2) is 6.64. The van der Waals surface area contributed by atoms with Crippen LogP contribution in [-0.2, 0) is 0 Å². The lowest BCUT2D eigenvalue weighted by Gasteiger charge is -2.14. The highest BCUT2D eigenvalue weighted by atomic mass is 16.3. The number of phenols is 1. The number of anilines is 1. The third kappa shape index (κ3) is 3.36. The Bertz CT molecular complexity index is 783. The van der Waals surface area contributed by atoms with Gasteiger partial charge in [0.25, 0.3) is 0 Å². The topological polar surface area (TPSA) is 44.6 Å². The first-order valence-corrected chi connectivity index (χ1v) is 6.90. The molecule has 2 rings (SSSR count). The molecule has 3 heteroatoms. The predicted molar refractivity (Wildman–Crippen MR) is 93.7 cm³/mol. The Labute approximate surface area is 131 Å². The Kier molecular flexibility index (Phi) is 4.65. The maximum absolute atomic E-state index is 9.94. The number of terminal acetylenes is 1. The van der Waals surface area contributed by atoms with Crippen LogP contribution in [-0.4, -0.2) is 11.3 Å². The van der Waals surface area contributed by atoms with Gasteiger partial charge in [-0.05, 0) is 49.7 Å². The van der Waals surface area contributed by atoms with E-state index < -0.39 is 0 Å². The van der Waals surface area contributed by atoms with Crippen molar-refractivity contribution in [3.8, 4) is 18.1 Å². The number of hydrogen-bond donors (Lipinski definition) is 2. The van der Waals surface area contributed by atoms with E-state index in [1.807, 2.05) is 44.2 Å². The Morgan fingerprint density at radius 1 is 1.36 bits per heavy atom. The summed E-state index contributed by atoms with van der Waals surface area (Å²) in [6.07, 6.45) is 7.12. The van der Waals surface area contributed by atoms with Gasteiger partial charge >= 0.3 is 0 Å². The molecule has 0 atom stereocenters. The Hall–Kier alpha value is -2.99. The number of aliphatic imine (C=N–C) groups is 1. The molecule has 0 aliphatic heterocycles. The van der Waals surface area contributed by atoms with Crippen LogP contribution in [0.4, 0.5) is 11.4 Å². The summed E-state index contributed by atoms with van der Waals surface area (Å²) in [5, 5.41) is 13.1. The van der Waals surface area contributed by atoms with Gasteiger partial charge in [0.15, 0.2) is 0 Å². The van der Waals surface area contributed by atoms with Crippen LogP contribution < -0.4 is 5.32 Å². The lowest BCUT2D eigenvalue weighted by atomic mass is 10.1. The van der Waals surface area contributed by atoms with Crippen LogP contribution in [0, 0.1) is 19.3 Å². The van der Waals surface area contributed by atoms with Crippen molar-refractivity contribution in [3.63, 3.8) is 0 Å². The predicted octanol–water partition coefficient (Wildman–Crippen LogP) is 4.49. The number of nitrogens with one attached hydrogen (secondary N) is 1. The average Bonchev–Trinajstić information content (AvgIpc) is 2.51. The summed E-state index contributed by atoms with van der Waals surface area (Å²) in [5.74, 6) is 2.81. The fourth-order valence-corrected chi connectivity index (χ4v) is 2.10. The molecule has 0 saturated heterocycles. The number of aromatic hydroxyl groups is 1. The Morgan fingerprint density at radius 3 is 2.82 bits per heavy atom. The highest BCUT2D eigenvalue weighted by Crippen LogP contribution is 2.32. The van der Waals surface area contributed by atoms with Gasteiger partial charge in [-0.1, -0.05) is 18.6 Å². The first-order chi connectivity index (χ1) is 10.5. The zero-order chi connectivity index (χ0) is 16.1. The molecular formula is C19H18N2O. The minimum atomic E-state index is 0.213. The standard InChI is InChI=1S/C19H18N2O/c1-5-15-8-7-9-16(11-15)21-14(4)17-12-19(22)13(3)10-18(17)20-6-2/h1,6-12,21-22H,4H2,2-3H3. The van der Waals surface area contributed by atoms with E-state index in [-0.39, 0.29) is 5.75 Å². The summed E-state index contributed by atoms with van der Waals surface area (Å²) < 4.78 is 0. The zero-order valence-electron chi connectivity index (χ0n) is 12.7. The monoisotopic (exact) mass is 290 g/mol. The lowest BCUT2D eigenvalue weighted by molar-refractivity contribution is 0.471. The molecular weight excluding hydrogens is 272 g/mol. The van der Waals surface area contributed by atoms with Crippen molar-refractivity contribution in [1.29, 1.82) is 0 Å². The second-order valence-electron chi connectivity index (χ2n) is 4.87. The van der Waals surface area contributed by atoms with Crippen LogP contribution in [0.1, 0.15) is 23.6 Å². The van der Waals surface area contributed by atoms with Gasteiger partial charge in [0, 0.05) is 28.7 Å². The molecule has 0 aliphatic carbocycles. The molecule has 0 fully saturated rings. The van der Waals surface area contributed by atoms with Gasteiger partial charge in [0.1, 0.15) is 5.75 Å². The van der Waals surface area contributed by atoms with Crippen molar-refractivity contribution >= 4 is 23.3 Å². The number of nitrogens with zero attached hydrogens (tertiary/aromatic N) is 1. The van der Waals surface area contributed by atoms with Crippen LogP contribution in [0.5, 0.6) is 5.75 Å². The maximum atomic E-state index is 9.94. The van der Waals surface area contributed by atoms with Crippen molar-refractivity contribution < 1.29 is 5.11 Å². The minimum absolute atomic E-state index is 0.213. The third-order valence-corrected chi connectivity index (χ3v) is 3.23. The molecule has 22 heavy (non-hydrogen) atoms. The van der Waals surface area contributed by atoms with Crippen molar-refractivity contribution in [3.05, 3.63) is 59.7 Å². The molecule has 0 heterocycles. The van der Waals surface area contributed by atoms with E-state index in [1.165, 1.54) is 0 Å². The number of hydrogen-bond acceptors (Lipinski definition) is 3. The van der Waals surface area contributed by atoms with Crippen LogP contribution in [0.25, 0.3) is 5.70 Å². The molecule has 0 aliphatic rings. The van der Waals surface area contributed by atoms with Crippen LogP contribution in [0.2, 0.25) is 0 Å². The number of phenolic OH excluding ortho intramolecular Hbond substituents is 1. The van der Waals surface area contributed by atoms with Gasteiger partial charge in [-0.15, -0.1) is 6.42 Å². The lowest BCUT2D eigenvalue weighted by Crippen LogP contribution is -1.98. The van der Waals surface area contributed by atoms with Crippen molar-refractivity contribution in [2.45, 2.75) is 13.8 Å². The Balaban J connectivity index is 2.36. The maximum Gasteiger partial charge on any atom is 0.119 e. The van der Waals surface area contributed by atoms with Crippen molar-refractivity contribution in [2.24, 2.45) is 4.99 Å². The number of aryl methyl sites for hydroxylation is 1. The molecule has 3 nitrogen and oxygen atoms in total. The molecule has 2 aromatic rings. The quantitative estimate of drug-likeness (QED) is 0.644. The van der Waals surface area contributed by atoms with E-state index in [0.717, 1.165) is 28.1 Å². The first kappa shape index (κ1) is 15.4. The van der Waals surface area contributed by atoms with Crippen LogP contribution in [0.15, 0.2) is 48.0 Å². The van der Waals surface area contributed by atoms with E-state index >= 15 is 0 Å². The van der Waals surface area contributed by atoms with E-state index in [9.17, 15) is 5.11 Å². The fraction of sp³-hybridized carbons (Fsp3) is 0.105.